The number of sulfonamides is 1. The van der Waals surface area contributed by atoms with Gasteiger partial charge in [-0.3, -0.25) is 9.10 Å². The van der Waals surface area contributed by atoms with Crippen LogP contribution >= 0.6 is 11.6 Å². The summed E-state index contributed by atoms with van der Waals surface area (Å²) in [5.41, 5.74) is 2.58. The highest BCUT2D eigenvalue weighted by Gasteiger charge is 2.26. The van der Waals surface area contributed by atoms with Crippen LogP contribution in [0.5, 0.6) is 0 Å². The maximum atomic E-state index is 12.3. The molecule has 3 rings (SSSR count). The molecule has 0 atom stereocenters. The Bertz CT molecular complexity index is 881. The van der Waals surface area contributed by atoms with E-state index in [0.717, 1.165) is 5.56 Å². The number of carbonyl (C=O) groups is 1. The van der Waals surface area contributed by atoms with Gasteiger partial charge in [-0.1, -0.05) is 23.7 Å². The molecule has 0 saturated heterocycles. The van der Waals surface area contributed by atoms with Crippen LogP contribution in [0, 0.1) is 0 Å². The molecule has 1 N–H and O–H groups in total. The van der Waals surface area contributed by atoms with E-state index < -0.39 is 10.0 Å². The van der Waals surface area contributed by atoms with Gasteiger partial charge in [-0.15, -0.1) is 0 Å². The summed E-state index contributed by atoms with van der Waals surface area (Å²) in [5, 5.41) is 3.17. The third-order valence-electron chi connectivity index (χ3n) is 3.71. The van der Waals surface area contributed by atoms with Crippen LogP contribution in [0.2, 0.25) is 5.02 Å². The standard InChI is InChI=1S/C16H15ClN2O3S/c1-23(21,22)19-9-8-11-10-12(6-7-15(11)19)18-16(20)13-4-2-3-5-14(13)17/h2-7,10H,8-9H2,1H3,(H,18,20). The van der Waals surface area contributed by atoms with E-state index in [0.29, 0.717) is 34.9 Å². The predicted molar refractivity (Wildman–Crippen MR) is 91.7 cm³/mol. The Kier molecular flexibility index (Phi) is 4.04. The summed E-state index contributed by atoms with van der Waals surface area (Å²) in [4.78, 5) is 12.3. The van der Waals surface area contributed by atoms with E-state index in [1.807, 2.05) is 0 Å². The molecular formula is C16H15ClN2O3S. The third kappa shape index (κ3) is 3.18. The summed E-state index contributed by atoms with van der Waals surface area (Å²) < 4.78 is 24.8. The summed E-state index contributed by atoms with van der Waals surface area (Å²) in [6.07, 6.45) is 1.81. The van der Waals surface area contributed by atoms with Gasteiger partial charge in [0.25, 0.3) is 5.91 Å². The van der Waals surface area contributed by atoms with Gasteiger partial charge in [-0.05, 0) is 42.3 Å². The maximum Gasteiger partial charge on any atom is 0.257 e. The van der Waals surface area contributed by atoms with Crippen LogP contribution < -0.4 is 9.62 Å². The molecule has 1 aliphatic rings. The molecule has 0 radical (unpaired) electrons. The zero-order valence-corrected chi connectivity index (χ0v) is 14.0. The van der Waals surface area contributed by atoms with E-state index in [2.05, 4.69) is 5.32 Å². The minimum Gasteiger partial charge on any atom is -0.322 e. The second kappa shape index (κ2) is 5.86. The summed E-state index contributed by atoms with van der Waals surface area (Å²) in [6.45, 7) is 0.427. The van der Waals surface area contributed by atoms with Gasteiger partial charge in [-0.25, -0.2) is 8.42 Å². The molecule has 0 aliphatic carbocycles. The number of amides is 1. The number of anilines is 2. The van der Waals surface area contributed by atoms with E-state index in [1.165, 1.54) is 10.6 Å². The van der Waals surface area contributed by atoms with Crippen molar-refractivity contribution in [3.05, 3.63) is 58.6 Å². The van der Waals surface area contributed by atoms with Gasteiger partial charge in [0.15, 0.2) is 0 Å². The second-order valence-electron chi connectivity index (χ2n) is 5.36. The molecule has 0 spiro atoms. The van der Waals surface area contributed by atoms with Crippen LogP contribution in [0.1, 0.15) is 15.9 Å². The van der Waals surface area contributed by atoms with Gasteiger partial charge in [0.05, 0.1) is 22.5 Å². The number of halogens is 1. The lowest BCUT2D eigenvalue weighted by Gasteiger charge is -2.16. The van der Waals surface area contributed by atoms with E-state index in [1.54, 1.807) is 42.5 Å². The highest BCUT2D eigenvalue weighted by Crippen LogP contribution is 2.32. The molecule has 0 fully saturated rings. The van der Waals surface area contributed by atoms with Crippen molar-refractivity contribution in [3.63, 3.8) is 0 Å². The Hall–Kier alpha value is -2.05. The van der Waals surface area contributed by atoms with E-state index >= 15 is 0 Å². The quantitative estimate of drug-likeness (QED) is 0.925. The Balaban J connectivity index is 1.84. The fourth-order valence-electron chi connectivity index (χ4n) is 2.64. The first-order valence-electron chi connectivity index (χ1n) is 7.03. The lowest BCUT2D eigenvalue weighted by atomic mass is 10.1. The van der Waals surface area contributed by atoms with Gasteiger partial charge in [0.2, 0.25) is 10.0 Å². The maximum absolute atomic E-state index is 12.3. The molecular weight excluding hydrogens is 336 g/mol. The zero-order valence-electron chi connectivity index (χ0n) is 12.4. The molecule has 2 aromatic carbocycles. The van der Waals surface area contributed by atoms with Crippen LogP contribution in [0.25, 0.3) is 0 Å². The number of nitrogens with one attached hydrogen (secondary N) is 1. The summed E-state index contributed by atoms with van der Waals surface area (Å²) in [7, 11) is -3.27. The number of carbonyl (C=O) groups excluding carboxylic acids is 1. The third-order valence-corrected chi connectivity index (χ3v) is 5.22. The fourth-order valence-corrected chi connectivity index (χ4v) is 3.82. The lowest BCUT2D eigenvalue weighted by molar-refractivity contribution is 0.102. The highest BCUT2D eigenvalue weighted by molar-refractivity contribution is 7.92. The van der Waals surface area contributed by atoms with Gasteiger partial charge >= 0.3 is 0 Å². The van der Waals surface area contributed by atoms with E-state index in [4.69, 9.17) is 11.6 Å². The summed E-state index contributed by atoms with van der Waals surface area (Å²) in [6, 6.07) is 12.0. The minimum absolute atomic E-state index is 0.298. The first-order valence-corrected chi connectivity index (χ1v) is 9.25. The van der Waals surface area contributed by atoms with Crippen LogP contribution in [-0.2, 0) is 16.4 Å². The fraction of sp³-hybridized carbons (Fsp3) is 0.188. The van der Waals surface area contributed by atoms with Crippen molar-refractivity contribution in [2.45, 2.75) is 6.42 Å². The van der Waals surface area contributed by atoms with Crippen molar-refractivity contribution in [3.8, 4) is 0 Å². The van der Waals surface area contributed by atoms with Crippen molar-refractivity contribution in [2.24, 2.45) is 0 Å². The van der Waals surface area contributed by atoms with E-state index in [9.17, 15) is 13.2 Å². The van der Waals surface area contributed by atoms with Gasteiger partial charge in [-0.2, -0.15) is 0 Å². The predicted octanol–water partition coefficient (Wildman–Crippen LogP) is 2.91. The van der Waals surface area contributed by atoms with Crippen LogP contribution in [0.15, 0.2) is 42.5 Å². The molecule has 5 nitrogen and oxygen atoms in total. The summed E-state index contributed by atoms with van der Waals surface area (Å²) >= 11 is 6.01. The normalized spacial score (nSPS) is 13.7. The highest BCUT2D eigenvalue weighted by atomic mass is 35.5. The van der Waals surface area contributed by atoms with Gasteiger partial charge < -0.3 is 5.32 Å². The van der Waals surface area contributed by atoms with Crippen LogP contribution in [0.4, 0.5) is 11.4 Å². The molecule has 1 heterocycles. The van der Waals surface area contributed by atoms with Crippen molar-refractivity contribution in [1.82, 2.24) is 0 Å². The van der Waals surface area contributed by atoms with Crippen LogP contribution in [-0.4, -0.2) is 27.1 Å². The lowest BCUT2D eigenvalue weighted by Crippen LogP contribution is -2.27. The SMILES string of the molecule is CS(=O)(=O)N1CCc2cc(NC(=O)c3ccccc3Cl)ccc21. The van der Waals surface area contributed by atoms with Gasteiger partial charge in [0, 0.05) is 12.2 Å². The monoisotopic (exact) mass is 350 g/mol. The number of benzene rings is 2. The first kappa shape index (κ1) is 15.8. The summed E-state index contributed by atoms with van der Waals surface area (Å²) in [5.74, 6) is -0.298. The van der Waals surface area contributed by atoms with Crippen LogP contribution in [0.3, 0.4) is 0 Å². The molecule has 0 bridgehead atoms. The largest absolute Gasteiger partial charge is 0.322 e. The Morgan fingerprint density at radius 2 is 1.96 bits per heavy atom. The molecule has 23 heavy (non-hydrogen) atoms. The zero-order chi connectivity index (χ0) is 16.6. The molecule has 2 aromatic rings. The number of rotatable bonds is 3. The smallest absolute Gasteiger partial charge is 0.257 e. The van der Waals surface area contributed by atoms with E-state index in [-0.39, 0.29) is 5.91 Å². The topological polar surface area (TPSA) is 66.5 Å². The molecule has 1 aliphatic heterocycles. The number of hydrogen-bond donors (Lipinski definition) is 1. The van der Waals surface area contributed by atoms with Crippen molar-refractivity contribution >= 4 is 38.9 Å². The Labute approximate surface area is 139 Å². The number of fused-ring (bicyclic) bond motifs is 1. The Morgan fingerprint density at radius 1 is 1.22 bits per heavy atom. The average molecular weight is 351 g/mol. The van der Waals surface area contributed by atoms with Crippen molar-refractivity contribution < 1.29 is 13.2 Å². The van der Waals surface area contributed by atoms with Crippen molar-refractivity contribution in [1.29, 1.82) is 0 Å². The number of hydrogen-bond acceptors (Lipinski definition) is 3. The molecule has 0 unspecified atom stereocenters. The molecule has 0 saturated carbocycles. The van der Waals surface area contributed by atoms with Crippen molar-refractivity contribution in [2.75, 3.05) is 22.4 Å². The van der Waals surface area contributed by atoms with Gasteiger partial charge in [0.1, 0.15) is 0 Å². The molecule has 120 valence electrons. The average Bonchev–Trinajstić information content (AvgIpc) is 2.90. The molecule has 0 aromatic heterocycles. The second-order valence-corrected chi connectivity index (χ2v) is 7.68. The Morgan fingerprint density at radius 3 is 2.65 bits per heavy atom. The minimum atomic E-state index is -3.27. The molecule has 1 amide bonds. The molecule has 7 heteroatoms. The first-order chi connectivity index (χ1) is 10.9. The number of nitrogens with zero attached hydrogens (tertiary/aromatic N) is 1.